The number of carbonyl (C=O) groups is 1. The second kappa shape index (κ2) is 12.5. The second-order valence-corrected chi connectivity index (χ2v) is 8.60. The van der Waals surface area contributed by atoms with Gasteiger partial charge in [-0.1, -0.05) is 19.1 Å². The van der Waals surface area contributed by atoms with Gasteiger partial charge in [-0.05, 0) is 76.0 Å². The average molecular weight is 486 g/mol. The van der Waals surface area contributed by atoms with Crippen LogP contribution in [0, 0.1) is 5.92 Å². The van der Waals surface area contributed by atoms with Crippen molar-refractivity contribution in [2.75, 3.05) is 43.1 Å². The largest absolute Gasteiger partial charge is 0.490 e. The van der Waals surface area contributed by atoms with Gasteiger partial charge in [0.25, 0.3) is 5.91 Å². The molecule has 184 valence electrons. The fourth-order valence-electron chi connectivity index (χ4n) is 3.95. The van der Waals surface area contributed by atoms with Crippen molar-refractivity contribution in [3.05, 3.63) is 42.0 Å². The molecule has 0 aliphatic carbocycles. The van der Waals surface area contributed by atoms with E-state index in [1.54, 1.807) is 12.1 Å². The van der Waals surface area contributed by atoms with Gasteiger partial charge in [0.05, 0.1) is 31.2 Å². The van der Waals surface area contributed by atoms with Gasteiger partial charge < -0.3 is 24.4 Å². The lowest BCUT2D eigenvalue weighted by Crippen LogP contribution is -2.36. The van der Waals surface area contributed by atoms with E-state index in [1.165, 1.54) is 0 Å². The maximum Gasteiger partial charge on any atom is 0.257 e. The summed E-state index contributed by atoms with van der Waals surface area (Å²) in [6.45, 7) is 11.3. The topological polar surface area (TPSA) is 72.1 Å². The molecule has 1 saturated heterocycles. The van der Waals surface area contributed by atoms with Crippen LogP contribution in [0.1, 0.15) is 50.9 Å². The van der Waals surface area contributed by atoms with Crippen molar-refractivity contribution in [2.24, 2.45) is 5.92 Å². The number of benzene rings is 2. The van der Waals surface area contributed by atoms with Crippen molar-refractivity contribution in [1.82, 2.24) is 5.32 Å². The van der Waals surface area contributed by atoms with Crippen LogP contribution in [0.5, 0.6) is 17.2 Å². The maximum absolute atomic E-state index is 13.0. The quantitative estimate of drug-likeness (QED) is 0.470. The number of amides is 1. The van der Waals surface area contributed by atoms with E-state index in [0.717, 1.165) is 43.2 Å². The van der Waals surface area contributed by atoms with Crippen LogP contribution < -0.4 is 29.7 Å². The minimum absolute atomic E-state index is 0.229. The molecule has 34 heavy (non-hydrogen) atoms. The molecular formula is C26H35N3O4S. The third kappa shape index (κ3) is 6.53. The molecule has 0 aromatic heterocycles. The predicted octanol–water partition coefficient (Wildman–Crippen LogP) is 5.25. The molecule has 0 unspecified atom stereocenters. The zero-order valence-corrected chi connectivity index (χ0v) is 21.3. The van der Waals surface area contributed by atoms with Gasteiger partial charge >= 0.3 is 0 Å². The molecule has 2 N–H and O–H groups in total. The van der Waals surface area contributed by atoms with Gasteiger partial charge in [-0.25, -0.2) is 0 Å². The van der Waals surface area contributed by atoms with Crippen LogP contribution in [-0.4, -0.2) is 43.9 Å². The summed E-state index contributed by atoms with van der Waals surface area (Å²) in [7, 11) is 0. The minimum Gasteiger partial charge on any atom is -0.490 e. The summed E-state index contributed by atoms with van der Waals surface area (Å²) in [5.74, 6) is 1.81. The van der Waals surface area contributed by atoms with Gasteiger partial charge in [-0.15, -0.1) is 0 Å². The monoisotopic (exact) mass is 485 g/mol. The van der Waals surface area contributed by atoms with Crippen LogP contribution in [0.3, 0.4) is 0 Å². The Hall–Kier alpha value is -3.00. The number of anilines is 2. The molecule has 0 atom stereocenters. The number of rotatable bonds is 9. The molecular weight excluding hydrogens is 450 g/mol. The standard InChI is InChI=1S/C26H35N3O4S/c1-5-31-22-16-19(17-23(32-6-2)24(22)33-7-3)25(30)28-26(34)27-20-10-8-9-11-21(20)29-14-12-18(4)13-15-29/h8-11,16-18H,5-7,12-15H2,1-4H3,(H2,27,28,30,34). The van der Waals surface area contributed by atoms with Gasteiger partial charge in [-0.2, -0.15) is 0 Å². The number of nitrogens with zero attached hydrogens (tertiary/aromatic N) is 1. The number of nitrogens with one attached hydrogen (secondary N) is 2. The Morgan fingerprint density at radius 2 is 1.59 bits per heavy atom. The molecule has 0 spiro atoms. The third-order valence-electron chi connectivity index (χ3n) is 5.67. The van der Waals surface area contributed by atoms with E-state index in [-0.39, 0.29) is 11.0 Å². The first-order chi connectivity index (χ1) is 16.5. The first kappa shape index (κ1) is 25.6. The lowest BCUT2D eigenvalue weighted by molar-refractivity contribution is 0.0976. The molecule has 1 heterocycles. The Bertz CT molecular complexity index is 963. The molecule has 7 nitrogen and oxygen atoms in total. The molecule has 1 fully saturated rings. The highest BCUT2D eigenvalue weighted by Crippen LogP contribution is 2.39. The molecule has 1 aliphatic rings. The molecule has 0 radical (unpaired) electrons. The summed E-state index contributed by atoms with van der Waals surface area (Å²) < 4.78 is 17.2. The molecule has 0 bridgehead atoms. The van der Waals surface area contributed by atoms with Crippen molar-refractivity contribution >= 4 is 34.6 Å². The van der Waals surface area contributed by atoms with Crippen molar-refractivity contribution in [3.8, 4) is 17.2 Å². The first-order valence-corrected chi connectivity index (χ1v) is 12.4. The van der Waals surface area contributed by atoms with Gasteiger partial charge in [-0.3, -0.25) is 10.1 Å². The molecule has 0 saturated carbocycles. The number of piperidine rings is 1. The summed E-state index contributed by atoms with van der Waals surface area (Å²) in [6, 6.07) is 11.3. The minimum atomic E-state index is -0.355. The highest BCUT2D eigenvalue weighted by atomic mass is 32.1. The molecule has 1 amide bonds. The second-order valence-electron chi connectivity index (χ2n) is 8.20. The van der Waals surface area contributed by atoms with E-state index in [9.17, 15) is 4.79 Å². The van der Waals surface area contributed by atoms with Gasteiger partial charge in [0.15, 0.2) is 16.6 Å². The fraction of sp³-hybridized carbons (Fsp3) is 0.462. The first-order valence-electron chi connectivity index (χ1n) is 12.0. The van der Waals surface area contributed by atoms with Crippen LogP contribution in [-0.2, 0) is 0 Å². The third-order valence-corrected chi connectivity index (χ3v) is 5.88. The Morgan fingerprint density at radius 1 is 1.00 bits per heavy atom. The predicted molar refractivity (Wildman–Crippen MR) is 141 cm³/mol. The van der Waals surface area contributed by atoms with Gasteiger partial charge in [0, 0.05) is 18.7 Å². The van der Waals surface area contributed by atoms with Crippen LogP contribution in [0.15, 0.2) is 36.4 Å². The number of hydrogen-bond acceptors (Lipinski definition) is 6. The van der Waals surface area contributed by atoms with Crippen LogP contribution in [0.2, 0.25) is 0 Å². The summed E-state index contributed by atoms with van der Waals surface area (Å²) in [6.07, 6.45) is 2.33. The van der Waals surface area contributed by atoms with Crippen molar-refractivity contribution in [2.45, 2.75) is 40.5 Å². The fourth-order valence-corrected chi connectivity index (χ4v) is 4.16. The Labute approximate surface area is 207 Å². The smallest absolute Gasteiger partial charge is 0.257 e. The SMILES string of the molecule is CCOc1cc(C(=O)NC(=S)Nc2ccccc2N2CCC(C)CC2)cc(OCC)c1OCC. The zero-order valence-electron chi connectivity index (χ0n) is 20.5. The van der Waals surface area contributed by atoms with Crippen molar-refractivity contribution in [1.29, 1.82) is 0 Å². The Morgan fingerprint density at radius 3 is 2.18 bits per heavy atom. The van der Waals surface area contributed by atoms with Crippen molar-refractivity contribution < 1.29 is 19.0 Å². The van der Waals surface area contributed by atoms with E-state index in [2.05, 4.69) is 28.5 Å². The number of carbonyl (C=O) groups excluding carboxylic acids is 1. The lowest BCUT2D eigenvalue weighted by Gasteiger charge is -2.33. The lowest BCUT2D eigenvalue weighted by atomic mass is 9.98. The Kier molecular flexibility index (Phi) is 9.39. The van der Waals surface area contributed by atoms with Crippen LogP contribution in [0.25, 0.3) is 0 Å². The van der Waals surface area contributed by atoms with E-state index in [4.69, 9.17) is 26.4 Å². The van der Waals surface area contributed by atoms with Crippen molar-refractivity contribution in [3.63, 3.8) is 0 Å². The summed E-state index contributed by atoms with van der Waals surface area (Å²) in [5.41, 5.74) is 2.33. The summed E-state index contributed by atoms with van der Waals surface area (Å²) in [5, 5.41) is 6.21. The van der Waals surface area contributed by atoms with Crippen LogP contribution in [0.4, 0.5) is 11.4 Å². The summed E-state index contributed by atoms with van der Waals surface area (Å²) in [4.78, 5) is 15.4. The normalized spacial score (nSPS) is 13.8. The highest BCUT2D eigenvalue weighted by molar-refractivity contribution is 7.80. The molecule has 8 heteroatoms. The number of thiocarbonyl (C=S) groups is 1. The molecule has 2 aromatic rings. The van der Waals surface area contributed by atoms with E-state index < -0.39 is 0 Å². The van der Waals surface area contributed by atoms with E-state index in [0.29, 0.717) is 42.6 Å². The van der Waals surface area contributed by atoms with Gasteiger partial charge in [0.2, 0.25) is 5.75 Å². The maximum atomic E-state index is 13.0. The Balaban J connectivity index is 1.75. The van der Waals surface area contributed by atoms with Gasteiger partial charge in [0.1, 0.15) is 0 Å². The molecule has 2 aromatic carbocycles. The molecule has 3 rings (SSSR count). The van der Waals surface area contributed by atoms with E-state index >= 15 is 0 Å². The number of para-hydroxylation sites is 2. The summed E-state index contributed by atoms with van der Waals surface area (Å²) >= 11 is 5.48. The zero-order chi connectivity index (χ0) is 24.5. The highest BCUT2D eigenvalue weighted by Gasteiger charge is 2.21. The average Bonchev–Trinajstić information content (AvgIpc) is 2.82. The van der Waals surface area contributed by atoms with E-state index in [1.807, 2.05) is 39.0 Å². The number of ether oxygens (including phenoxy) is 3. The number of hydrogen-bond donors (Lipinski definition) is 2. The van der Waals surface area contributed by atoms with Crippen LogP contribution >= 0.6 is 12.2 Å². The molecule has 1 aliphatic heterocycles.